The van der Waals surface area contributed by atoms with Crippen LogP contribution in [-0.2, 0) is 4.79 Å². The number of nitrogen functional groups attached to an aromatic ring is 1. The van der Waals surface area contributed by atoms with Crippen LogP contribution in [0, 0.1) is 6.92 Å². The standard InChI is InChI=1S/C18H21N7O/c1-10-3-4-13-14(7-10)23-18(22-13)16-17(19)20-8-15(24-16)25-6-5-12(9-25)21-11(2)26/h3-4,7-8,12H,5-6,9H2,1-2H3,(H2,19,20)(H,21,26)(H,22,23)/t12-/m1/s1. The summed E-state index contributed by atoms with van der Waals surface area (Å²) < 4.78 is 0. The molecule has 1 fully saturated rings. The van der Waals surface area contributed by atoms with Gasteiger partial charge >= 0.3 is 0 Å². The zero-order valence-electron chi connectivity index (χ0n) is 14.8. The molecular formula is C18H21N7O. The van der Waals surface area contributed by atoms with Crippen LogP contribution in [-0.4, -0.2) is 45.0 Å². The van der Waals surface area contributed by atoms with E-state index in [1.807, 2.05) is 25.1 Å². The number of hydrogen-bond donors (Lipinski definition) is 3. The van der Waals surface area contributed by atoms with Crippen LogP contribution in [0.5, 0.6) is 0 Å². The first-order chi connectivity index (χ1) is 12.5. The van der Waals surface area contributed by atoms with Crippen molar-refractivity contribution >= 4 is 28.6 Å². The van der Waals surface area contributed by atoms with Crippen molar-refractivity contribution in [3.8, 4) is 11.5 Å². The van der Waals surface area contributed by atoms with Gasteiger partial charge in [-0.3, -0.25) is 4.79 Å². The van der Waals surface area contributed by atoms with E-state index in [1.54, 1.807) is 6.20 Å². The Morgan fingerprint density at radius 3 is 3.04 bits per heavy atom. The molecule has 1 aliphatic rings. The largest absolute Gasteiger partial charge is 0.382 e. The molecule has 0 bridgehead atoms. The average molecular weight is 351 g/mol. The molecule has 0 saturated carbocycles. The number of nitrogens with two attached hydrogens (primary N) is 1. The van der Waals surface area contributed by atoms with E-state index in [9.17, 15) is 4.79 Å². The minimum Gasteiger partial charge on any atom is -0.382 e. The number of aryl methyl sites for hydroxylation is 1. The second-order valence-corrected chi connectivity index (χ2v) is 6.70. The molecule has 3 aromatic rings. The third-order valence-corrected chi connectivity index (χ3v) is 4.57. The van der Waals surface area contributed by atoms with Gasteiger partial charge in [-0.15, -0.1) is 0 Å². The van der Waals surface area contributed by atoms with Crippen LogP contribution < -0.4 is 16.0 Å². The van der Waals surface area contributed by atoms with E-state index >= 15 is 0 Å². The van der Waals surface area contributed by atoms with Gasteiger partial charge in [0.15, 0.2) is 17.3 Å². The van der Waals surface area contributed by atoms with Crippen molar-refractivity contribution in [2.45, 2.75) is 26.3 Å². The fraction of sp³-hybridized carbons (Fsp3) is 0.333. The van der Waals surface area contributed by atoms with E-state index < -0.39 is 0 Å². The lowest BCUT2D eigenvalue weighted by Gasteiger charge is -2.18. The number of aromatic amines is 1. The third kappa shape index (κ3) is 3.05. The van der Waals surface area contributed by atoms with Crippen LogP contribution in [0.25, 0.3) is 22.6 Å². The van der Waals surface area contributed by atoms with Crippen molar-refractivity contribution in [2.75, 3.05) is 23.7 Å². The lowest BCUT2D eigenvalue weighted by Crippen LogP contribution is -2.35. The Morgan fingerprint density at radius 1 is 1.38 bits per heavy atom. The normalized spacial score (nSPS) is 17.0. The third-order valence-electron chi connectivity index (χ3n) is 4.57. The molecule has 1 atom stereocenters. The Balaban J connectivity index is 1.65. The predicted octanol–water partition coefficient (Wildman–Crippen LogP) is 1.63. The molecule has 134 valence electrons. The van der Waals surface area contributed by atoms with Crippen molar-refractivity contribution in [2.24, 2.45) is 0 Å². The summed E-state index contributed by atoms with van der Waals surface area (Å²) in [6, 6.07) is 6.16. The molecule has 4 N–H and O–H groups in total. The van der Waals surface area contributed by atoms with Gasteiger partial charge in [-0.05, 0) is 31.0 Å². The van der Waals surface area contributed by atoms with Crippen molar-refractivity contribution in [3.05, 3.63) is 30.0 Å². The summed E-state index contributed by atoms with van der Waals surface area (Å²) in [5, 5.41) is 2.95. The van der Waals surface area contributed by atoms with Gasteiger partial charge in [0.05, 0.1) is 17.2 Å². The number of nitrogens with one attached hydrogen (secondary N) is 2. The van der Waals surface area contributed by atoms with Gasteiger partial charge in [-0.2, -0.15) is 0 Å². The first kappa shape index (κ1) is 16.3. The van der Waals surface area contributed by atoms with Gasteiger partial charge in [-0.1, -0.05) is 6.07 Å². The topological polar surface area (TPSA) is 113 Å². The Morgan fingerprint density at radius 2 is 2.23 bits per heavy atom. The average Bonchev–Trinajstić information content (AvgIpc) is 3.21. The lowest BCUT2D eigenvalue weighted by molar-refractivity contribution is -0.119. The molecule has 0 spiro atoms. The number of amides is 1. The number of nitrogens with zero attached hydrogens (tertiary/aromatic N) is 4. The summed E-state index contributed by atoms with van der Waals surface area (Å²) in [6.45, 7) is 5.08. The molecule has 0 unspecified atom stereocenters. The highest BCUT2D eigenvalue weighted by atomic mass is 16.1. The number of carbonyl (C=O) groups is 1. The number of H-pyrrole nitrogens is 1. The fourth-order valence-electron chi connectivity index (χ4n) is 3.32. The minimum absolute atomic E-state index is 0.0153. The van der Waals surface area contributed by atoms with E-state index in [0.717, 1.165) is 35.4 Å². The monoisotopic (exact) mass is 351 g/mol. The summed E-state index contributed by atoms with van der Waals surface area (Å²) >= 11 is 0. The molecule has 8 heteroatoms. The molecule has 0 radical (unpaired) electrons. The maximum Gasteiger partial charge on any atom is 0.217 e. The van der Waals surface area contributed by atoms with Crippen molar-refractivity contribution in [1.29, 1.82) is 0 Å². The van der Waals surface area contributed by atoms with Gasteiger partial charge in [0.1, 0.15) is 5.82 Å². The van der Waals surface area contributed by atoms with Gasteiger partial charge in [0.2, 0.25) is 5.91 Å². The zero-order chi connectivity index (χ0) is 18.3. The Kier molecular flexibility index (Phi) is 3.95. The van der Waals surface area contributed by atoms with Crippen molar-refractivity contribution in [1.82, 2.24) is 25.3 Å². The second-order valence-electron chi connectivity index (χ2n) is 6.70. The summed E-state index contributed by atoms with van der Waals surface area (Å²) in [5.74, 6) is 1.66. The first-order valence-corrected chi connectivity index (χ1v) is 8.61. The zero-order valence-corrected chi connectivity index (χ0v) is 14.8. The fourth-order valence-corrected chi connectivity index (χ4v) is 3.32. The molecule has 1 aliphatic heterocycles. The number of imidazole rings is 1. The SMILES string of the molecule is CC(=O)N[C@@H]1CCN(c2cnc(N)c(-c3nc4ccc(C)cc4[nH]3)n2)C1. The number of hydrogen-bond acceptors (Lipinski definition) is 6. The summed E-state index contributed by atoms with van der Waals surface area (Å²) in [4.78, 5) is 30.2. The van der Waals surface area contributed by atoms with Crippen molar-refractivity contribution < 1.29 is 4.79 Å². The molecular weight excluding hydrogens is 330 g/mol. The van der Waals surface area contributed by atoms with Gasteiger partial charge in [0.25, 0.3) is 0 Å². The Labute approximate surface area is 150 Å². The molecule has 2 aromatic heterocycles. The van der Waals surface area contributed by atoms with Gasteiger partial charge in [-0.25, -0.2) is 15.0 Å². The number of aromatic nitrogens is 4. The van der Waals surface area contributed by atoms with Gasteiger partial charge in [0, 0.05) is 26.1 Å². The quantitative estimate of drug-likeness (QED) is 0.661. The number of anilines is 2. The summed E-state index contributed by atoms with van der Waals surface area (Å²) in [6.07, 6.45) is 2.55. The van der Waals surface area contributed by atoms with E-state index in [4.69, 9.17) is 5.73 Å². The highest BCUT2D eigenvalue weighted by molar-refractivity contribution is 5.81. The Hall–Kier alpha value is -3.16. The lowest BCUT2D eigenvalue weighted by atomic mass is 10.2. The maximum absolute atomic E-state index is 11.2. The highest BCUT2D eigenvalue weighted by Gasteiger charge is 2.25. The molecule has 1 saturated heterocycles. The second kappa shape index (κ2) is 6.29. The number of fused-ring (bicyclic) bond motifs is 1. The molecule has 1 amide bonds. The van der Waals surface area contributed by atoms with E-state index in [2.05, 4.69) is 30.2 Å². The van der Waals surface area contributed by atoms with Crippen LogP contribution in [0.4, 0.5) is 11.6 Å². The Bertz CT molecular complexity index is 981. The van der Waals surface area contributed by atoms with Crippen LogP contribution in [0.2, 0.25) is 0 Å². The predicted molar refractivity (Wildman–Crippen MR) is 101 cm³/mol. The molecule has 1 aromatic carbocycles. The molecule has 3 heterocycles. The highest BCUT2D eigenvalue weighted by Crippen LogP contribution is 2.26. The van der Waals surface area contributed by atoms with E-state index in [1.165, 1.54) is 6.92 Å². The number of carbonyl (C=O) groups excluding carboxylic acids is 1. The van der Waals surface area contributed by atoms with Crippen LogP contribution in [0.1, 0.15) is 18.9 Å². The first-order valence-electron chi connectivity index (χ1n) is 8.61. The smallest absolute Gasteiger partial charge is 0.217 e. The van der Waals surface area contributed by atoms with Crippen LogP contribution in [0.3, 0.4) is 0 Å². The maximum atomic E-state index is 11.2. The molecule has 0 aliphatic carbocycles. The molecule has 4 rings (SSSR count). The van der Waals surface area contributed by atoms with Crippen LogP contribution >= 0.6 is 0 Å². The summed E-state index contributed by atoms with van der Waals surface area (Å²) in [5.41, 5.74) is 9.56. The number of benzene rings is 1. The van der Waals surface area contributed by atoms with Crippen molar-refractivity contribution in [3.63, 3.8) is 0 Å². The molecule has 26 heavy (non-hydrogen) atoms. The van der Waals surface area contributed by atoms with E-state index in [0.29, 0.717) is 23.9 Å². The van der Waals surface area contributed by atoms with E-state index in [-0.39, 0.29) is 11.9 Å². The van der Waals surface area contributed by atoms with Gasteiger partial charge < -0.3 is 20.9 Å². The molecule has 8 nitrogen and oxygen atoms in total. The minimum atomic E-state index is -0.0153. The van der Waals surface area contributed by atoms with Crippen LogP contribution in [0.15, 0.2) is 24.4 Å². The summed E-state index contributed by atoms with van der Waals surface area (Å²) in [7, 11) is 0. The number of rotatable bonds is 3.